The average molecular weight is 432 g/mol. The summed E-state index contributed by atoms with van der Waals surface area (Å²) >= 11 is 0. The van der Waals surface area contributed by atoms with Crippen LogP contribution in [0.25, 0.3) is 0 Å². The van der Waals surface area contributed by atoms with Gasteiger partial charge in [-0.15, -0.1) is 0 Å². The van der Waals surface area contributed by atoms with E-state index in [9.17, 15) is 22.8 Å². The molecule has 0 bridgehead atoms. The Morgan fingerprint density at radius 1 is 1.10 bits per heavy atom. The second kappa shape index (κ2) is 10.4. The number of amides is 1. The van der Waals surface area contributed by atoms with Crippen molar-refractivity contribution in [2.75, 3.05) is 12.3 Å². The van der Waals surface area contributed by atoms with Crippen LogP contribution in [-0.4, -0.2) is 49.1 Å². The third-order valence-corrected chi connectivity index (χ3v) is 4.63. The summed E-state index contributed by atoms with van der Waals surface area (Å²) in [5.41, 5.74) is 1.27. The fraction of sp³-hybridized carbons (Fsp3) is 0.250. The van der Waals surface area contributed by atoms with Gasteiger partial charge in [0, 0.05) is 17.7 Å². The van der Waals surface area contributed by atoms with Gasteiger partial charge in [0.15, 0.2) is 5.78 Å². The SMILES string of the molecule is CC(CC(=O)NCCS(=O)(=O)O)Oc1ccc(C(=O)c2ccc(N=C=O)cc2)cc1. The third kappa shape index (κ3) is 7.59. The molecular formula is C20H20N2O7S. The lowest BCUT2D eigenvalue weighted by Crippen LogP contribution is -2.32. The van der Waals surface area contributed by atoms with E-state index in [2.05, 4.69) is 10.3 Å². The smallest absolute Gasteiger partial charge is 0.266 e. The molecule has 1 amide bonds. The number of hydrogen-bond donors (Lipinski definition) is 2. The van der Waals surface area contributed by atoms with Gasteiger partial charge in [0.25, 0.3) is 10.1 Å². The summed E-state index contributed by atoms with van der Waals surface area (Å²) in [6.45, 7) is 1.48. The van der Waals surface area contributed by atoms with Crippen LogP contribution in [0.1, 0.15) is 29.3 Å². The van der Waals surface area contributed by atoms with Crippen LogP contribution in [0.15, 0.2) is 53.5 Å². The second-order valence-electron chi connectivity index (χ2n) is 6.37. The van der Waals surface area contributed by atoms with Gasteiger partial charge < -0.3 is 10.1 Å². The Labute approximate surface area is 173 Å². The monoisotopic (exact) mass is 432 g/mol. The van der Waals surface area contributed by atoms with Crippen molar-refractivity contribution < 1.29 is 32.1 Å². The lowest BCUT2D eigenvalue weighted by Gasteiger charge is -2.14. The highest BCUT2D eigenvalue weighted by molar-refractivity contribution is 7.85. The van der Waals surface area contributed by atoms with Crippen LogP contribution in [0.2, 0.25) is 0 Å². The van der Waals surface area contributed by atoms with Crippen molar-refractivity contribution in [2.45, 2.75) is 19.4 Å². The molecule has 0 aliphatic heterocycles. The Morgan fingerprint density at radius 2 is 1.67 bits per heavy atom. The van der Waals surface area contributed by atoms with Crippen LogP contribution in [0.3, 0.4) is 0 Å². The molecule has 9 nitrogen and oxygen atoms in total. The molecule has 1 atom stereocenters. The molecule has 1 unspecified atom stereocenters. The maximum absolute atomic E-state index is 12.5. The Morgan fingerprint density at radius 3 is 2.20 bits per heavy atom. The van der Waals surface area contributed by atoms with E-state index < -0.39 is 27.9 Å². The molecular weight excluding hydrogens is 412 g/mol. The standard InChI is InChI=1S/C20H20N2O7S/c1-14(12-19(24)21-10-11-30(26,27)28)29-18-8-4-16(5-9-18)20(25)15-2-6-17(7-3-15)22-13-23/h2-9,14H,10-12H2,1H3,(H,21,24)(H,26,27,28). The predicted octanol–water partition coefficient (Wildman–Crippen LogP) is 2.05. The predicted molar refractivity (Wildman–Crippen MR) is 108 cm³/mol. The zero-order valence-corrected chi connectivity index (χ0v) is 16.9. The van der Waals surface area contributed by atoms with E-state index in [1.54, 1.807) is 43.3 Å². The summed E-state index contributed by atoms with van der Waals surface area (Å²) in [6, 6.07) is 12.6. The lowest BCUT2D eigenvalue weighted by molar-refractivity contribution is -0.122. The van der Waals surface area contributed by atoms with Gasteiger partial charge in [-0.1, -0.05) is 0 Å². The minimum Gasteiger partial charge on any atom is -0.490 e. The first-order chi connectivity index (χ1) is 14.2. The molecule has 0 saturated carbocycles. The molecule has 0 fully saturated rings. The van der Waals surface area contributed by atoms with Gasteiger partial charge in [0.05, 0.1) is 17.9 Å². The molecule has 30 heavy (non-hydrogen) atoms. The minimum absolute atomic E-state index is 0.0121. The van der Waals surface area contributed by atoms with Gasteiger partial charge in [0.1, 0.15) is 11.9 Å². The van der Waals surface area contributed by atoms with Crippen LogP contribution in [-0.2, 0) is 19.7 Å². The fourth-order valence-corrected chi connectivity index (χ4v) is 2.88. The number of nitrogens with zero attached hydrogens (tertiary/aromatic N) is 1. The molecule has 0 aliphatic rings. The number of rotatable bonds is 10. The molecule has 2 N–H and O–H groups in total. The minimum atomic E-state index is -4.13. The van der Waals surface area contributed by atoms with E-state index in [1.165, 1.54) is 18.2 Å². The molecule has 2 rings (SSSR count). The number of aliphatic imine (C=N–C) groups is 1. The highest BCUT2D eigenvalue weighted by Crippen LogP contribution is 2.19. The third-order valence-electron chi connectivity index (χ3n) is 3.91. The Kier molecular flexibility index (Phi) is 7.99. The van der Waals surface area contributed by atoms with E-state index in [1.807, 2.05) is 0 Å². The van der Waals surface area contributed by atoms with E-state index in [4.69, 9.17) is 9.29 Å². The zero-order valence-electron chi connectivity index (χ0n) is 16.1. The summed E-state index contributed by atoms with van der Waals surface area (Å²) in [7, 11) is -4.13. The van der Waals surface area contributed by atoms with Crippen molar-refractivity contribution in [1.29, 1.82) is 0 Å². The van der Waals surface area contributed by atoms with Crippen LogP contribution in [0.5, 0.6) is 5.75 Å². The quantitative estimate of drug-likeness (QED) is 0.253. The number of hydrogen-bond acceptors (Lipinski definition) is 7. The molecule has 158 valence electrons. The van der Waals surface area contributed by atoms with Crippen LogP contribution in [0, 0.1) is 0 Å². The highest BCUT2D eigenvalue weighted by Gasteiger charge is 2.13. The molecule has 2 aromatic carbocycles. The number of nitrogens with one attached hydrogen (secondary N) is 1. The lowest BCUT2D eigenvalue weighted by atomic mass is 10.0. The molecule has 0 aromatic heterocycles. The Bertz CT molecular complexity index is 1040. The van der Waals surface area contributed by atoms with Crippen LogP contribution in [0.4, 0.5) is 5.69 Å². The number of benzene rings is 2. The maximum atomic E-state index is 12.5. The summed E-state index contributed by atoms with van der Waals surface area (Å²) < 4.78 is 35.5. The maximum Gasteiger partial charge on any atom is 0.266 e. The van der Waals surface area contributed by atoms with E-state index in [0.29, 0.717) is 22.6 Å². The van der Waals surface area contributed by atoms with Gasteiger partial charge >= 0.3 is 0 Å². The molecule has 0 spiro atoms. The van der Waals surface area contributed by atoms with Crippen molar-refractivity contribution in [3.05, 3.63) is 59.7 Å². The summed E-state index contributed by atoms with van der Waals surface area (Å²) in [5, 5.41) is 2.38. The second-order valence-corrected chi connectivity index (χ2v) is 7.94. The Balaban J connectivity index is 1.89. The zero-order chi connectivity index (χ0) is 22.1. The van der Waals surface area contributed by atoms with E-state index in [0.717, 1.165) is 0 Å². The average Bonchev–Trinajstić information content (AvgIpc) is 2.68. The molecule has 2 aromatic rings. The number of isocyanates is 1. The number of ether oxygens (including phenoxy) is 1. The van der Waals surface area contributed by atoms with Crippen molar-refractivity contribution in [2.24, 2.45) is 4.99 Å². The summed E-state index contributed by atoms with van der Waals surface area (Å²) in [6.07, 6.45) is 0.921. The van der Waals surface area contributed by atoms with Crippen molar-refractivity contribution in [1.82, 2.24) is 5.32 Å². The van der Waals surface area contributed by atoms with Gasteiger partial charge in [-0.3, -0.25) is 14.1 Å². The molecule has 10 heteroatoms. The van der Waals surface area contributed by atoms with E-state index in [-0.39, 0.29) is 18.7 Å². The normalized spacial score (nSPS) is 11.8. The number of carbonyl (C=O) groups is 2. The van der Waals surface area contributed by atoms with Crippen molar-refractivity contribution in [3.63, 3.8) is 0 Å². The fourth-order valence-electron chi connectivity index (χ4n) is 2.52. The van der Waals surface area contributed by atoms with E-state index >= 15 is 0 Å². The van der Waals surface area contributed by atoms with Gasteiger partial charge in [-0.05, 0) is 55.5 Å². The summed E-state index contributed by atoms with van der Waals surface area (Å²) in [5.74, 6) is -0.730. The molecule has 0 aliphatic carbocycles. The first-order valence-electron chi connectivity index (χ1n) is 8.89. The molecule has 0 radical (unpaired) electrons. The van der Waals surface area contributed by atoms with Gasteiger partial charge in [-0.25, -0.2) is 4.79 Å². The molecule has 0 heterocycles. The van der Waals surface area contributed by atoms with Crippen molar-refractivity contribution >= 4 is 33.6 Å². The van der Waals surface area contributed by atoms with Crippen LogP contribution >= 0.6 is 0 Å². The molecule has 0 saturated heterocycles. The highest BCUT2D eigenvalue weighted by atomic mass is 32.2. The van der Waals surface area contributed by atoms with Crippen molar-refractivity contribution in [3.8, 4) is 5.75 Å². The first-order valence-corrected chi connectivity index (χ1v) is 10.5. The largest absolute Gasteiger partial charge is 0.490 e. The Hall–Kier alpha value is -3.33. The number of carbonyl (C=O) groups excluding carboxylic acids is 3. The van der Waals surface area contributed by atoms with Crippen LogP contribution < -0.4 is 10.1 Å². The first kappa shape index (κ1) is 23.0. The van der Waals surface area contributed by atoms with Gasteiger partial charge in [-0.2, -0.15) is 13.4 Å². The van der Waals surface area contributed by atoms with Gasteiger partial charge in [0.2, 0.25) is 12.0 Å². The summed E-state index contributed by atoms with van der Waals surface area (Å²) in [4.78, 5) is 38.0. The topological polar surface area (TPSA) is 139 Å². The number of ketones is 1.